The number of nitriles is 1. The van der Waals surface area contributed by atoms with Crippen molar-refractivity contribution in [1.82, 2.24) is 4.98 Å². The number of aryl methyl sites for hydroxylation is 1. The lowest BCUT2D eigenvalue weighted by Crippen LogP contribution is -2.13. The molecule has 0 aliphatic carbocycles. The monoisotopic (exact) mass is 292 g/mol. The molecule has 0 aliphatic rings. The summed E-state index contributed by atoms with van der Waals surface area (Å²) in [6, 6.07) is 5.93. The molecule has 2 aromatic rings. The van der Waals surface area contributed by atoms with Crippen molar-refractivity contribution in [2.24, 2.45) is 0 Å². The molecule has 0 atom stereocenters. The van der Waals surface area contributed by atoms with E-state index in [-0.39, 0.29) is 27.5 Å². The van der Waals surface area contributed by atoms with Crippen LogP contribution < -0.4 is 10.3 Å². The van der Waals surface area contributed by atoms with Gasteiger partial charge in [-0.3, -0.25) is 4.79 Å². The molecule has 1 aromatic heterocycles. The highest BCUT2D eigenvalue weighted by Crippen LogP contribution is 2.39. The zero-order chi connectivity index (χ0) is 14.9. The number of rotatable bonds is 2. The maximum atomic E-state index is 13.7. The van der Waals surface area contributed by atoms with Gasteiger partial charge in [-0.05, 0) is 25.1 Å². The summed E-state index contributed by atoms with van der Waals surface area (Å²) in [5.74, 6) is -0.359. The Morgan fingerprint density at radius 1 is 1.45 bits per heavy atom. The summed E-state index contributed by atoms with van der Waals surface area (Å²) < 4.78 is 18.8. The second-order valence-electron chi connectivity index (χ2n) is 4.12. The number of nitrogens with zero attached hydrogens (tertiary/aromatic N) is 1. The first kappa shape index (κ1) is 14.1. The van der Waals surface area contributed by atoms with Crippen LogP contribution in [0.1, 0.15) is 11.3 Å². The predicted molar refractivity (Wildman–Crippen MR) is 73.5 cm³/mol. The number of aromatic amines is 1. The van der Waals surface area contributed by atoms with Crippen molar-refractivity contribution in [2.45, 2.75) is 6.92 Å². The molecule has 0 aliphatic heterocycles. The van der Waals surface area contributed by atoms with Crippen LogP contribution in [0.5, 0.6) is 5.75 Å². The summed E-state index contributed by atoms with van der Waals surface area (Å²) in [5, 5.41) is 8.94. The van der Waals surface area contributed by atoms with E-state index in [1.807, 2.05) is 6.07 Å². The van der Waals surface area contributed by atoms with Crippen LogP contribution >= 0.6 is 11.6 Å². The lowest BCUT2D eigenvalue weighted by atomic mass is 10.00. The fraction of sp³-hybridized carbons (Fsp3) is 0.143. The highest BCUT2D eigenvalue weighted by molar-refractivity contribution is 6.34. The Morgan fingerprint density at radius 3 is 2.75 bits per heavy atom. The number of nitrogens with one attached hydrogen (secondary N) is 1. The standard InChI is InChI=1S/C14H10ClFN2O2/c1-7-5-8(9(6-17)14(19)18-7)12-11(20-2)4-3-10(16)13(12)15/h3-5H,1-2H3,(H,18,19). The SMILES string of the molecule is COc1ccc(F)c(Cl)c1-c1cc(C)[nH]c(=O)c1C#N. The molecule has 1 N–H and O–H groups in total. The maximum absolute atomic E-state index is 13.7. The number of halogens is 2. The molecule has 6 heteroatoms. The van der Waals surface area contributed by atoms with Crippen LogP contribution in [0.4, 0.5) is 4.39 Å². The van der Waals surface area contributed by atoms with Gasteiger partial charge in [0.2, 0.25) is 0 Å². The van der Waals surface area contributed by atoms with E-state index < -0.39 is 11.4 Å². The first-order chi connectivity index (χ1) is 9.49. The van der Waals surface area contributed by atoms with Crippen molar-refractivity contribution in [1.29, 1.82) is 5.26 Å². The van der Waals surface area contributed by atoms with E-state index in [0.717, 1.165) is 6.07 Å². The van der Waals surface area contributed by atoms with E-state index >= 15 is 0 Å². The summed E-state index contributed by atoms with van der Waals surface area (Å²) >= 11 is 5.97. The topological polar surface area (TPSA) is 65.9 Å². The van der Waals surface area contributed by atoms with Crippen LogP contribution in [0, 0.1) is 24.1 Å². The van der Waals surface area contributed by atoms with Gasteiger partial charge in [-0.15, -0.1) is 0 Å². The molecular formula is C14H10ClFN2O2. The Hall–Kier alpha value is -2.32. The smallest absolute Gasteiger partial charge is 0.266 e. The van der Waals surface area contributed by atoms with Crippen LogP contribution in [0.25, 0.3) is 11.1 Å². The number of pyridine rings is 1. The number of hydrogen-bond donors (Lipinski definition) is 1. The molecular weight excluding hydrogens is 283 g/mol. The first-order valence-electron chi connectivity index (χ1n) is 5.66. The number of methoxy groups -OCH3 is 1. The molecule has 0 unspecified atom stereocenters. The average molecular weight is 293 g/mol. The van der Waals surface area contributed by atoms with Gasteiger partial charge in [0.15, 0.2) is 0 Å². The Morgan fingerprint density at radius 2 is 2.15 bits per heavy atom. The molecule has 4 nitrogen and oxygen atoms in total. The molecule has 0 bridgehead atoms. The van der Waals surface area contributed by atoms with Crippen molar-refractivity contribution < 1.29 is 9.13 Å². The molecule has 102 valence electrons. The van der Waals surface area contributed by atoms with Crippen molar-refractivity contribution in [3.8, 4) is 22.9 Å². The quantitative estimate of drug-likeness (QED) is 0.925. The second kappa shape index (κ2) is 5.35. The number of aromatic nitrogens is 1. The van der Waals surface area contributed by atoms with Gasteiger partial charge < -0.3 is 9.72 Å². The van der Waals surface area contributed by atoms with E-state index in [0.29, 0.717) is 5.69 Å². The van der Waals surface area contributed by atoms with Gasteiger partial charge in [0.1, 0.15) is 23.2 Å². The molecule has 20 heavy (non-hydrogen) atoms. The minimum Gasteiger partial charge on any atom is -0.496 e. The van der Waals surface area contributed by atoms with Gasteiger partial charge >= 0.3 is 0 Å². The highest BCUT2D eigenvalue weighted by atomic mass is 35.5. The van der Waals surface area contributed by atoms with Crippen LogP contribution in [0.2, 0.25) is 5.02 Å². The highest BCUT2D eigenvalue weighted by Gasteiger charge is 2.19. The molecule has 0 saturated heterocycles. The molecule has 1 heterocycles. The molecule has 2 rings (SSSR count). The van der Waals surface area contributed by atoms with Crippen molar-refractivity contribution >= 4 is 11.6 Å². The Kier molecular flexibility index (Phi) is 3.77. The van der Waals surface area contributed by atoms with Gasteiger partial charge in [0, 0.05) is 16.8 Å². The van der Waals surface area contributed by atoms with Crippen LogP contribution in [-0.4, -0.2) is 12.1 Å². The summed E-state index contributed by atoms with van der Waals surface area (Å²) in [5.41, 5.74) is 0.285. The van der Waals surface area contributed by atoms with Crippen molar-refractivity contribution in [2.75, 3.05) is 7.11 Å². The van der Waals surface area contributed by atoms with Crippen LogP contribution in [-0.2, 0) is 0 Å². The predicted octanol–water partition coefficient (Wildman–Crippen LogP) is 3.02. The molecule has 0 radical (unpaired) electrons. The van der Waals surface area contributed by atoms with Gasteiger partial charge in [-0.2, -0.15) is 5.26 Å². The normalized spacial score (nSPS) is 10.2. The fourth-order valence-electron chi connectivity index (χ4n) is 1.95. The molecule has 1 aromatic carbocycles. The zero-order valence-corrected chi connectivity index (χ0v) is 11.5. The van der Waals surface area contributed by atoms with Gasteiger partial charge in [-0.25, -0.2) is 4.39 Å². The van der Waals surface area contributed by atoms with Crippen LogP contribution in [0.3, 0.4) is 0 Å². The lowest BCUT2D eigenvalue weighted by molar-refractivity contribution is 0.415. The molecule has 0 fully saturated rings. The van der Waals surface area contributed by atoms with E-state index in [9.17, 15) is 9.18 Å². The average Bonchev–Trinajstić information content (AvgIpc) is 2.41. The van der Waals surface area contributed by atoms with Crippen LogP contribution in [0.15, 0.2) is 23.0 Å². The number of H-pyrrole nitrogens is 1. The van der Waals surface area contributed by atoms with E-state index in [4.69, 9.17) is 21.6 Å². The van der Waals surface area contributed by atoms with Crippen molar-refractivity contribution in [3.63, 3.8) is 0 Å². The minimum absolute atomic E-state index is 0.138. The molecule has 0 saturated carbocycles. The third kappa shape index (κ3) is 2.26. The second-order valence-corrected chi connectivity index (χ2v) is 4.50. The third-order valence-electron chi connectivity index (χ3n) is 2.83. The van der Waals surface area contributed by atoms with E-state index in [2.05, 4.69) is 4.98 Å². The van der Waals surface area contributed by atoms with Gasteiger partial charge in [-0.1, -0.05) is 11.6 Å². The minimum atomic E-state index is -0.649. The summed E-state index contributed by atoms with van der Waals surface area (Å²) in [4.78, 5) is 14.3. The Balaban J connectivity index is 2.92. The number of hydrogen-bond acceptors (Lipinski definition) is 3. The maximum Gasteiger partial charge on any atom is 0.266 e. The van der Waals surface area contributed by atoms with Gasteiger partial charge in [0.05, 0.1) is 12.1 Å². The number of benzene rings is 1. The van der Waals surface area contributed by atoms with E-state index in [1.165, 1.54) is 13.2 Å². The summed E-state index contributed by atoms with van der Waals surface area (Å²) in [6.45, 7) is 1.66. The molecule has 0 spiro atoms. The largest absolute Gasteiger partial charge is 0.496 e. The Bertz CT molecular complexity index is 778. The lowest BCUT2D eigenvalue weighted by Gasteiger charge is -2.12. The summed E-state index contributed by atoms with van der Waals surface area (Å²) in [6.07, 6.45) is 0. The van der Waals surface area contributed by atoms with Crippen molar-refractivity contribution in [3.05, 3.63) is 50.7 Å². The van der Waals surface area contributed by atoms with E-state index in [1.54, 1.807) is 13.0 Å². The third-order valence-corrected chi connectivity index (χ3v) is 3.20. The first-order valence-corrected chi connectivity index (χ1v) is 6.03. The fourth-order valence-corrected chi connectivity index (χ4v) is 2.21. The Labute approximate surface area is 119 Å². The van der Waals surface area contributed by atoms with Gasteiger partial charge in [0.25, 0.3) is 5.56 Å². The molecule has 0 amide bonds. The zero-order valence-electron chi connectivity index (χ0n) is 10.8. The number of ether oxygens (including phenoxy) is 1. The summed E-state index contributed by atoms with van der Waals surface area (Å²) in [7, 11) is 1.40.